The van der Waals surface area contributed by atoms with Gasteiger partial charge in [-0.25, -0.2) is 0 Å². The highest BCUT2D eigenvalue weighted by atomic mass is 16.6. The van der Waals surface area contributed by atoms with Gasteiger partial charge in [0.2, 0.25) is 0 Å². The number of hydrogen-bond acceptors (Lipinski definition) is 7. The standard InChI is InChI=1S/C36H21NO6/c1-4-10-28-25(7-1)38-31-16-13-22(19-34(31)41-28)37(23-14-17-32-35(20-23)42-29-11-5-2-8-26(29)39-32)24-15-18-33-36(21-24)43-30-12-6-3-9-27(30)40-33/h1-21H. The summed E-state index contributed by atoms with van der Waals surface area (Å²) < 4.78 is 37.1. The first kappa shape index (κ1) is 23.6. The minimum absolute atomic E-state index is 0.610. The van der Waals surface area contributed by atoms with E-state index in [9.17, 15) is 0 Å². The van der Waals surface area contributed by atoms with Gasteiger partial charge in [0.15, 0.2) is 69.0 Å². The van der Waals surface area contributed by atoms with Gasteiger partial charge in [0.1, 0.15) is 0 Å². The first-order chi connectivity index (χ1) is 21.2. The first-order valence-electron chi connectivity index (χ1n) is 13.8. The van der Waals surface area contributed by atoms with Gasteiger partial charge in [0, 0.05) is 18.2 Å². The molecule has 3 aliphatic heterocycles. The summed E-state index contributed by atoms with van der Waals surface area (Å²) in [6, 6.07) is 40.5. The maximum atomic E-state index is 6.26. The minimum atomic E-state index is 0.610. The van der Waals surface area contributed by atoms with Crippen LogP contribution in [0.25, 0.3) is 0 Å². The van der Waals surface area contributed by atoms with Crippen molar-refractivity contribution in [1.82, 2.24) is 0 Å². The molecule has 3 heterocycles. The van der Waals surface area contributed by atoms with E-state index in [0.717, 1.165) is 17.1 Å². The molecule has 0 radical (unpaired) electrons. The zero-order valence-electron chi connectivity index (χ0n) is 22.5. The Hall–Kier alpha value is -6.08. The van der Waals surface area contributed by atoms with Gasteiger partial charge in [-0.05, 0) is 72.8 Å². The molecule has 0 atom stereocenters. The Labute approximate surface area is 246 Å². The summed E-state index contributed by atoms with van der Waals surface area (Å²) in [6.07, 6.45) is 0. The van der Waals surface area contributed by atoms with Gasteiger partial charge in [-0.2, -0.15) is 0 Å². The number of para-hydroxylation sites is 6. The number of ether oxygens (including phenoxy) is 6. The maximum absolute atomic E-state index is 6.26. The lowest BCUT2D eigenvalue weighted by molar-refractivity contribution is 0.359. The fraction of sp³-hybridized carbons (Fsp3) is 0. The van der Waals surface area contributed by atoms with Crippen LogP contribution in [0.5, 0.6) is 69.0 Å². The Morgan fingerprint density at radius 3 is 0.767 bits per heavy atom. The molecule has 0 fully saturated rings. The zero-order valence-corrected chi connectivity index (χ0v) is 22.5. The van der Waals surface area contributed by atoms with E-state index in [0.29, 0.717) is 69.0 Å². The largest absolute Gasteiger partial charge is 0.450 e. The van der Waals surface area contributed by atoms with Gasteiger partial charge in [-0.1, -0.05) is 36.4 Å². The van der Waals surface area contributed by atoms with Crippen molar-refractivity contribution in [2.45, 2.75) is 0 Å². The van der Waals surface area contributed by atoms with Crippen LogP contribution in [-0.2, 0) is 0 Å². The second-order valence-electron chi connectivity index (χ2n) is 10.2. The Bertz CT molecular complexity index is 1840. The molecule has 0 amide bonds. The third-order valence-corrected chi connectivity index (χ3v) is 7.42. The van der Waals surface area contributed by atoms with Crippen LogP contribution >= 0.6 is 0 Å². The molecule has 0 N–H and O–H groups in total. The van der Waals surface area contributed by atoms with E-state index in [2.05, 4.69) is 4.90 Å². The van der Waals surface area contributed by atoms with Gasteiger partial charge in [0.25, 0.3) is 0 Å². The predicted molar refractivity (Wildman–Crippen MR) is 161 cm³/mol. The molecule has 6 aromatic rings. The topological polar surface area (TPSA) is 58.6 Å². The molecule has 7 heteroatoms. The van der Waals surface area contributed by atoms with E-state index in [1.54, 1.807) is 0 Å². The second-order valence-corrected chi connectivity index (χ2v) is 10.2. The molecule has 206 valence electrons. The molecular formula is C36H21NO6. The predicted octanol–water partition coefficient (Wildman–Crippen LogP) is 10.9. The van der Waals surface area contributed by atoms with Crippen LogP contribution in [0.4, 0.5) is 17.1 Å². The van der Waals surface area contributed by atoms with E-state index in [4.69, 9.17) is 28.4 Å². The average molecular weight is 564 g/mol. The van der Waals surface area contributed by atoms with Crippen LogP contribution in [0.2, 0.25) is 0 Å². The van der Waals surface area contributed by atoms with Gasteiger partial charge < -0.3 is 33.3 Å². The van der Waals surface area contributed by atoms with Gasteiger partial charge in [-0.3, -0.25) is 0 Å². The average Bonchev–Trinajstić information content (AvgIpc) is 3.05. The number of anilines is 3. The molecule has 0 bridgehead atoms. The Kier molecular flexibility index (Phi) is 5.06. The lowest BCUT2D eigenvalue weighted by Crippen LogP contribution is -2.12. The number of fused-ring (bicyclic) bond motifs is 6. The monoisotopic (exact) mass is 563 g/mol. The number of benzene rings is 6. The highest BCUT2D eigenvalue weighted by Gasteiger charge is 2.26. The molecule has 0 aromatic heterocycles. The molecule has 3 aliphatic rings. The highest BCUT2D eigenvalue weighted by molar-refractivity contribution is 5.81. The van der Waals surface area contributed by atoms with Crippen molar-refractivity contribution < 1.29 is 28.4 Å². The van der Waals surface area contributed by atoms with Crippen molar-refractivity contribution in [3.8, 4) is 69.0 Å². The van der Waals surface area contributed by atoms with E-state index >= 15 is 0 Å². The molecule has 0 saturated carbocycles. The molecule has 7 nitrogen and oxygen atoms in total. The Balaban J connectivity index is 1.15. The molecule has 9 rings (SSSR count). The van der Waals surface area contributed by atoms with Crippen LogP contribution in [0.15, 0.2) is 127 Å². The van der Waals surface area contributed by atoms with Crippen molar-refractivity contribution in [2.24, 2.45) is 0 Å². The van der Waals surface area contributed by atoms with E-state index < -0.39 is 0 Å². The summed E-state index contributed by atoms with van der Waals surface area (Å²) in [5, 5.41) is 0. The fourth-order valence-electron chi connectivity index (χ4n) is 5.41. The van der Waals surface area contributed by atoms with Gasteiger partial charge in [-0.15, -0.1) is 0 Å². The summed E-state index contributed by atoms with van der Waals surface area (Å²) in [7, 11) is 0. The third kappa shape index (κ3) is 3.98. The molecule has 43 heavy (non-hydrogen) atoms. The molecule has 0 spiro atoms. The lowest BCUT2D eigenvalue weighted by atomic mass is 10.1. The number of nitrogens with zero attached hydrogens (tertiary/aromatic N) is 1. The van der Waals surface area contributed by atoms with E-state index in [-0.39, 0.29) is 0 Å². The van der Waals surface area contributed by atoms with Crippen LogP contribution in [0, 0.1) is 0 Å². The van der Waals surface area contributed by atoms with Crippen molar-refractivity contribution in [3.63, 3.8) is 0 Å². The van der Waals surface area contributed by atoms with Gasteiger partial charge in [0.05, 0.1) is 17.1 Å². The van der Waals surface area contributed by atoms with Gasteiger partial charge >= 0.3 is 0 Å². The zero-order chi connectivity index (χ0) is 28.3. The minimum Gasteiger partial charge on any atom is -0.450 e. The van der Waals surface area contributed by atoms with E-state index in [1.807, 2.05) is 127 Å². The van der Waals surface area contributed by atoms with E-state index in [1.165, 1.54) is 0 Å². The third-order valence-electron chi connectivity index (χ3n) is 7.42. The summed E-state index contributed by atoms with van der Waals surface area (Å²) in [4.78, 5) is 2.10. The summed E-state index contributed by atoms with van der Waals surface area (Å²) in [6.45, 7) is 0. The molecule has 0 unspecified atom stereocenters. The molecule has 0 aliphatic carbocycles. The SMILES string of the molecule is c1ccc2c(c1)Oc1ccc(N(c3ccc4c(c3)Oc3ccccc3O4)c3ccc4c(c3)Oc3ccccc3O4)cc1O2. The molecule has 6 aromatic carbocycles. The first-order valence-corrected chi connectivity index (χ1v) is 13.8. The van der Waals surface area contributed by atoms with Crippen molar-refractivity contribution in [2.75, 3.05) is 4.90 Å². The molecule has 0 saturated heterocycles. The van der Waals surface area contributed by atoms with Crippen LogP contribution in [-0.4, -0.2) is 0 Å². The van der Waals surface area contributed by atoms with Crippen molar-refractivity contribution in [1.29, 1.82) is 0 Å². The Morgan fingerprint density at radius 1 is 0.256 bits per heavy atom. The Morgan fingerprint density at radius 2 is 0.488 bits per heavy atom. The smallest absolute Gasteiger partial charge is 0.172 e. The number of hydrogen-bond donors (Lipinski definition) is 0. The summed E-state index contributed by atoms with van der Waals surface area (Å²) in [5.41, 5.74) is 2.53. The maximum Gasteiger partial charge on any atom is 0.172 e. The van der Waals surface area contributed by atoms with Crippen LogP contribution < -0.4 is 33.3 Å². The quantitative estimate of drug-likeness (QED) is 0.212. The lowest BCUT2D eigenvalue weighted by Gasteiger charge is -2.30. The highest BCUT2D eigenvalue weighted by Crippen LogP contribution is 2.52. The normalized spacial score (nSPS) is 12.8. The summed E-state index contributed by atoms with van der Waals surface area (Å²) in [5.74, 6) is 7.77. The molecular weight excluding hydrogens is 542 g/mol. The van der Waals surface area contributed by atoms with Crippen LogP contribution in [0.3, 0.4) is 0 Å². The number of rotatable bonds is 3. The fourth-order valence-corrected chi connectivity index (χ4v) is 5.41. The van der Waals surface area contributed by atoms with Crippen LogP contribution in [0.1, 0.15) is 0 Å². The van der Waals surface area contributed by atoms with Crippen molar-refractivity contribution >= 4 is 17.1 Å². The van der Waals surface area contributed by atoms with Crippen molar-refractivity contribution in [3.05, 3.63) is 127 Å². The summed E-state index contributed by atoms with van der Waals surface area (Å²) >= 11 is 0. The second kappa shape index (κ2) is 9.22.